The minimum absolute atomic E-state index is 0.166. The van der Waals surface area contributed by atoms with Crippen LogP contribution in [0.5, 0.6) is 5.75 Å². The predicted octanol–water partition coefficient (Wildman–Crippen LogP) is 3.94. The van der Waals surface area contributed by atoms with Gasteiger partial charge in [-0.25, -0.2) is 4.98 Å². The van der Waals surface area contributed by atoms with Gasteiger partial charge in [0.05, 0.1) is 0 Å². The summed E-state index contributed by atoms with van der Waals surface area (Å²) in [7, 11) is 0. The van der Waals surface area contributed by atoms with E-state index in [0.717, 1.165) is 5.56 Å². The Morgan fingerprint density at radius 1 is 1.15 bits per heavy atom. The van der Waals surface area contributed by atoms with Gasteiger partial charge < -0.3 is 4.74 Å². The molecule has 2 nitrogen and oxygen atoms in total. The van der Waals surface area contributed by atoms with Crippen LogP contribution in [-0.2, 0) is 12.0 Å². The van der Waals surface area contributed by atoms with Crippen LogP contribution in [0.25, 0.3) is 0 Å². The zero-order valence-corrected chi connectivity index (χ0v) is 12.2. The molecule has 1 heterocycles. The van der Waals surface area contributed by atoms with E-state index in [0.29, 0.717) is 18.1 Å². The number of terminal acetylenes is 1. The molecule has 0 fully saturated rings. The fourth-order valence-corrected chi connectivity index (χ4v) is 1.88. The van der Waals surface area contributed by atoms with Gasteiger partial charge in [-0.1, -0.05) is 45.0 Å². The molecule has 1 aromatic heterocycles. The van der Waals surface area contributed by atoms with Gasteiger partial charge in [-0.05, 0) is 34.6 Å². The van der Waals surface area contributed by atoms with Crippen molar-refractivity contribution in [2.75, 3.05) is 0 Å². The van der Waals surface area contributed by atoms with Crippen molar-refractivity contribution in [3.05, 3.63) is 59.4 Å². The predicted molar refractivity (Wildman–Crippen MR) is 81.6 cm³/mol. The highest BCUT2D eigenvalue weighted by atomic mass is 16.5. The van der Waals surface area contributed by atoms with Crippen molar-refractivity contribution in [1.82, 2.24) is 4.98 Å². The maximum Gasteiger partial charge on any atom is 0.154 e. The minimum Gasteiger partial charge on any atom is -0.486 e. The SMILES string of the molecule is C#Cc1ncccc1OCc1ccc(C(C)(C)C)cc1. The zero-order valence-electron chi connectivity index (χ0n) is 12.2. The van der Waals surface area contributed by atoms with Crippen LogP contribution >= 0.6 is 0 Å². The van der Waals surface area contributed by atoms with Crippen LogP contribution in [0.3, 0.4) is 0 Å². The van der Waals surface area contributed by atoms with Gasteiger partial charge >= 0.3 is 0 Å². The Hall–Kier alpha value is -2.27. The Kier molecular flexibility index (Phi) is 4.10. The zero-order chi connectivity index (χ0) is 14.6. The number of aromatic nitrogens is 1. The fourth-order valence-electron chi connectivity index (χ4n) is 1.88. The van der Waals surface area contributed by atoms with Gasteiger partial charge in [0.2, 0.25) is 0 Å². The number of nitrogens with zero attached hydrogens (tertiary/aromatic N) is 1. The van der Waals surface area contributed by atoms with E-state index in [1.54, 1.807) is 6.20 Å². The first kappa shape index (κ1) is 14.1. The van der Waals surface area contributed by atoms with Crippen molar-refractivity contribution >= 4 is 0 Å². The largest absolute Gasteiger partial charge is 0.486 e. The van der Waals surface area contributed by atoms with Gasteiger partial charge in [-0.15, -0.1) is 6.42 Å². The number of hydrogen-bond acceptors (Lipinski definition) is 2. The standard InChI is InChI=1S/C18H19NO/c1-5-16-17(7-6-12-19-16)20-13-14-8-10-15(11-9-14)18(2,3)4/h1,6-12H,13H2,2-4H3. The Labute approximate surface area is 120 Å². The van der Waals surface area contributed by atoms with Crippen LogP contribution in [0, 0.1) is 12.3 Å². The van der Waals surface area contributed by atoms with E-state index in [4.69, 9.17) is 11.2 Å². The second-order valence-electron chi connectivity index (χ2n) is 5.73. The Bertz CT molecular complexity index is 615. The third kappa shape index (κ3) is 3.39. The molecular weight excluding hydrogens is 246 g/mol. The Morgan fingerprint density at radius 3 is 2.45 bits per heavy atom. The van der Waals surface area contributed by atoms with E-state index in [2.05, 4.69) is 55.9 Å². The maximum atomic E-state index is 5.73. The topological polar surface area (TPSA) is 22.1 Å². The van der Waals surface area contributed by atoms with Gasteiger partial charge in [0.1, 0.15) is 6.61 Å². The van der Waals surface area contributed by atoms with Crippen molar-refractivity contribution < 1.29 is 4.74 Å². The van der Waals surface area contributed by atoms with Crippen molar-refractivity contribution in [2.24, 2.45) is 0 Å². The summed E-state index contributed by atoms with van der Waals surface area (Å²) in [4.78, 5) is 4.09. The van der Waals surface area contributed by atoms with Crippen molar-refractivity contribution in [3.63, 3.8) is 0 Å². The van der Waals surface area contributed by atoms with Crippen LogP contribution in [-0.4, -0.2) is 4.98 Å². The van der Waals surface area contributed by atoms with Crippen LogP contribution in [0.2, 0.25) is 0 Å². The van der Waals surface area contributed by atoms with Gasteiger partial charge in [0.25, 0.3) is 0 Å². The van der Waals surface area contributed by atoms with E-state index < -0.39 is 0 Å². The lowest BCUT2D eigenvalue weighted by atomic mass is 9.87. The van der Waals surface area contributed by atoms with Crippen LogP contribution in [0.4, 0.5) is 0 Å². The maximum absolute atomic E-state index is 5.73. The molecule has 0 spiro atoms. The van der Waals surface area contributed by atoms with Crippen molar-refractivity contribution in [3.8, 4) is 18.1 Å². The highest BCUT2D eigenvalue weighted by molar-refractivity contribution is 5.39. The summed E-state index contributed by atoms with van der Waals surface area (Å²) in [6.07, 6.45) is 7.06. The molecule has 0 unspecified atom stereocenters. The molecule has 0 atom stereocenters. The summed E-state index contributed by atoms with van der Waals surface area (Å²) in [6, 6.07) is 12.1. The Balaban J connectivity index is 2.07. The molecule has 0 N–H and O–H groups in total. The molecule has 0 radical (unpaired) electrons. The molecule has 0 aliphatic rings. The molecule has 0 bridgehead atoms. The van der Waals surface area contributed by atoms with E-state index in [1.807, 2.05) is 12.1 Å². The number of benzene rings is 1. The number of rotatable bonds is 3. The summed E-state index contributed by atoms with van der Waals surface area (Å²) in [5.41, 5.74) is 3.13. The second kappa shape index (κ2) is 5.79. The van der Waals surface area contributed by atoms with E-state index >= 15 is 0 Å². The first-order valence-electron chi connectivity index (χ1n) is 6.64. The average Bonchev–Trinajstić information content (AvgIpc) is 2.45. The molecule has 1 aromatic carbocycles. The molecule has 0 saturated carbocycles. The molecule has 0 aliphatic heterocycles. The molecule has 2 rings (SSSR count). The first-order valence-corrected chi connectivity index (χ1v) is 6.64. The summed E-state index contributed by atoms with van der Waals surface area (Å²) >= 11 is 0. The summed E-state index contributed by atoms with van der Waals surface area (Å²) in [6.45, 7) is 7.10. The van der Waals surface area contributed by atoms with Crippen molar-refractivity contribution in [2.45, 2.75) is 32.8 Å². The highest BCUT2D eigenvalue weighted by Crippen LogP contribution is 2.23. The highest BCUT2D eigenvalue weighted by Gasteiger charge is 2.12. The Morgan fingerprint density at radius 2 is 1.85 bits per heavy atom. The number of pyridine rings is 1. The monoisotopic (exact) mass is 265 g/mol. The van der Waals surface area contributed by atoms with Crippen LogP contribution in [0.1, 0.15) is 37.6 Å². The summed E-state index contributed by atoms with van der Waals surface area (Å²) in [5.74, 6) is 3.17. The molecule has 20 heavy (non-hydrogen) atoms. The lowest BCUT2D eigenvalue weighted by molar-refractivity contribution is 0.304. The third-order valence-electron chi connectivity index (χ3n) is 3.12. The van der Waals surface area contributed by atoms with Gasteiger partial charge in [0.15, 0.2) is 11.4 Å². The third-order valence-corrected chi connectivity index (χ3v) is 3.12. The molecule has 0 aliphatic carbocycles. The van der Waals surface area contributed by atoms with Crippen molar-refractivity contribution in [1.29, 1.82) is 0 Å². The lowest BCUT2D eigenvalue weighted by Crippen LogP contribution is -2.10. The van der Waals surface area contributed by atoms with Crippen LogP contribution in [0.15, 0.2) is 42.6 Å². The molecular formula is C18H19NO. The quantitative estimate of drug-likeness (QED) is 0.784. The summed E-state index contributed by atoms with van der Waals surface area (Å²) < 4.78 is 5.73. The molecule has 0 saturated heterocycles. The lowest BCUT2D eigenvalue weighted by Gasteiger charge is -2.19. The van der Waals surface area contributed by atoms with Gasteiger partial charge in [0, 0.05) is 6.20 Å². The van der Waals surface area contributed by atoms with Crippen LogP contribution < -0.4 is 4.74 Å². The van der Waals surface area contributed by atoms with E-state index in [-0.39, 0.29) is 5.41 Å². The minimum atomic E-state index is 0.166. The molecule has 2 aromatic rings. The molecule has 2 heteroatoms. The van der Waals surface area contributed by atoms with Gasteiger partial charge in [-0.2, -0.15) is 0 Å². The molecule has 0 amide bonds. The van der Waals surface area contributed by atoms with E-state index in [1.165, 1.54) is 5.56 Å². The average molecular weight is 265 g/mol. The molecule has 102 valence electrons. The number of ether oxygens (including phenoxy) is 1. The smallest absolute Gasteiger partial charge is 0.154 e. The summed E-state index contributed by atoms with van der Waals surface area (Å²) in [5, 5.41) is 0. The van der Waals surface area contributed by atoms with E-state index in [9.17, 15) is 0 Å². The fraction of sp³-hybridized carbons (Fsp3) is 0.278. The normalized spacial score (nSPS) is 10.9. The second-order valence-corrected chi connectivity index (χ2v) is 5.73. The van der Waals surface area contributed by atoms with Gasteiger partial charge in [-0.3, -0.25) is 0 Å². The first-order chi connectivity index (χ1) is 9.50. The number of hydrogen-bond donors (Lipinski definition) is 0.